The number of benzene rings is 15. The molecule has 0 radical (unpaired) electrons. The van der Waals surface area contributed by atoms with Gasteiger partial charge in [-0.1, -0.05) is 231 Å². The largest absolute Gasteiger partial charge is 0.456 e. The van der Waals surface area contributed by atoms with E-state index in [-0.39, 0.29) is 0 Å². The van der Waals surface area contributed by atoms with E-state index < -0.39 is 0 Å². The van der Waals surface area contributed by atoms with Crippen molar-refractivity contribution in [1.82, 2.24) is 39.0 Å². The lowest BCUT2D eigenvalue weighted by molar-refractivity contribution is 0.668. The second-order valence-corrected chi connectivity index (χ2v) is 28.3. The van der Waals surface area contributed by atoms with Gasteiger partial charge in [0.2, 0.25) is 5.95 Å². The monoisotopic (exact) mass is 1400 g/mol. The second kappa shape index (κ2) is 24.6. The quantitative estimate of drug-likeness (QED) is 0.139. The van der Waals surface area contributed by atoms with Gasteiger partial charge in [-0.2, -0.15) is 9.97 Å². The van der Waals surface area contributed by atoms with Gasteiger partial charge in [0.05, 0.1) is 22.1 Å². The molecule has 504 valence electrons. The highest BCUT2D eigenvalue weighted by atomic mass is 32.1. The molecule has 0 bridgehead atoms. The van der Waals surface area contributed by atoms with Gasteiger partial charge in [-0.05, 0) is 131 Å². The Bertz CT molecular complexity index is 7590. The Morgan fingerprint density at radius 2 is 0.630 bits per heavy atom. The number of furan rings is 3. The number of para-hydroxylation sites is 5. The maximum atomic E-state index is 6.26. The van der Waals surface area contributed by atoms with Gasteiger partial charge >= 0.3 is 0 Å². The van der Waals surface area contributed by atoms with E-state index in [1.165, 1.54) is 30.9 Å². The number of thiophene rings is 1. The summed E-state index contributed by atoms with van der Waals surface area (Å²) in [5, 5.41) is 13.6. The summed E-state index contributed by atoms with van der Waals surface area (Å²) >= 11 is 1.78. The van der Waals surface area contributed by atoms with Crippen LogP contribution < -0.4 is 0 Å². The number of hydrogen-bond acceptors (Lipinski definition) is 10. The minimum atomic E-state index is 0.583. The molecule has 23 rings (SSSR count). The van der Waals surface area contributed by atoms with Crippen LogP contribution in [0.5, 0.6) is 0 Å². The molecule has 11 nitrogen and oxygen atoms in total. The van der Waals surface area contributed by atoms with Gasteiger partial charge in [-0.25, -0.2) is 19.9 Å². The fourth-order valence-corrected chi connectivity index (χ4v) is 17.1. The van der Waals surface area contributed by atoms with Gasteiger partial charge in [0, 0.05) is 108 Å². The van der Waals surface area contributed by atoms with Gasteiger partial charge in [0.1, 0.15) is 33.5 Å². The van der Waals surface area contributed by atoms with Crippen molar-refractivity contribution in [2.75, 3.05) is 0 Å². The molecule has 0 saturated heterocycles. The summed E-state index contributed by atoms with van der Waals surface area (Å²) in [6, 6.07) is 118. The Labute approximate surface area is 619 Å². The average Bonchev–Trinajstić information content (AvgIpc) is 1.57. The van der Waals surface area contributed by atoms with Crippen molar-refractivity contribution in [3.8, 4) is 90.8 Å². The van der Waals surface area contributed by atoms with E-state index in [2.05, 4.69) is 246 Å². The summed E-state index contributed by atoms with van der Waals surface area (Å²) in [5.41, 5.74) is 19.6. The Balaban J connectivity index is 0.000000135. The molecule has 0 amide bonds. The molecule has 23 aromatic rings. The number of nitrogens with zero attached hydrogens (tertiary/aromatic N) is 8. The van der Waals surface area contributed by atoms with Crippen molar-refractivity contribution >= 4 is 141 Å². The third-order valence-corrected chi connectivity index (χ3v) is 22.2. The van der Waals surface area contributed by atoms with Crippen molar-refractivity contribution in [3.63, 3.8) is 0 Å². The van der Waals surface area contributed by atoms with Gasteiger partial charge in [0.25, 0.3) is 0 Å². The lowest BCUT2D eigenvalue weighted by Crippen LogP contribution is -2.06. The van der Waals surface area contributed by atoms with Gasteiger partial charge < -0.3 is 17.8 Å². The van der Waals surface area contributed by atoms with Crippen molar-refractivity contribution in [2.45, 2.75) is 0 Å². The van der Waals surface area contributed by atoms with Crippen LogP contribution in [-0.4, -0.2) is 39.0 Å². The van der Waals surface area contributed by atoms with Gasteiger partial charge in [0.15, 0.2) is 29.1 Å². The SMILES string of the molecule is c1ccc(-c2nc(-c3cccc(-n4c5ccccc5c5cc(-c6ccc7c(c6)oc6ccccc67)ccc54)c3)nc(-c3cccc4oc5ccccc5c34)n2)cc1.c1ccc(-c2nc(-c3cccc4c3sc3ccccc34)nc(-n3c4ccccc4c4cc(-c5ccc6c(c5)oc5ccccc56)ccc43)n2)cc1. The number of aromatic nitrogens is 8. The third kappa shape index (κ3) is 10.0. The number of hydrogen-bond donors (Lipinski definition) is 0. The minimum absolute atomic E-state index is 0.583. The molecule has 8 aromatic heterocycles. The lowest BCUT2D eigenvalue weighted by atomic mass is 10.0. The number of rotatable bonds is 9. The van der Waals surface area contributed by atoms with E-state index in [4.69, 9.17) is 43.2 Å². The average molecular weight is 1400 g/mol. The van der Waals surface area contributed by atoms with E-state index in [1.807, 2.05) is 103 Å². The first-order valence-electron chi connectivity index (χ1n) is 36.0. The van der Waals surface area contributed by atoms with Crippen LogP contribution in [0.25, 0.3) is 220 Å². The topological polar surface area (TPSA) is 127 Å². The molecule has 0 aliphatic heterocycles. The number of fused-ring (bicyclic) bond motifs is 18. The molecule has 15 aromatic carbocycles. The Morgan fingerprint density at radius 3 is 1.28 bits per heavy atom. The molecular weight excluding hydrogens is 1350 g/mol. The molecule has 12 heteroatoms. The maximum absolute atomic E-state index is 6.26. The molecule has 8 heterocycles. The summed E-state index contributed by atoms with van der Waals surface area (Å²) in [6.07, 6.45) is 0. The van der Waals surface area contributed by atoms with E-state index in [9.17, 15) is 0 Å². The summed E-state index contributed by atoms with van der Waals surface area (Å²) in [7, 11) is 0. The summed E-state index contributed by atoms with van der Waals surface area (Å²) < 4.78 is 25.7. The highest BCUT2D eigenvalue weighted by Gasteiger charge is 2.24. The smallest absolute Gasteiger partial charge is 0.238 e. The molecule has 0 aliphatic rings. The molecule has 0 N–H and O–H groups in total. The summed E-state index contributed by atoms with van der Waals surface area (Å²) in [5.74, 6) is 3.66. The van der Waals surface area contributed by atoms with Crippen LogP contribution in [0.15, 0.2) is 353 Å². The van der Waals surface area contributed by atoms with Crippen LogP contribution in [0, 0.1) is 0 Å². The normalized spacial score (nSPS) is 11.9. The zero-order chi connectivity index (χ0) is 70.9. The Kier molecular flexibility index (Phi) is 13.9. The van der Waals surface area contributed by atoms with E-state index in [0.717, 1.165) is 154 Å². The zero-order valence-corrected chi connectivity index (χ0v) is 58.4. The summed E-state index contributed by atoms with van der Waals surface area (Å²) in [4.78, 5) is 30.9. The summed E-state index contributed by atoms with van der Waals surface area (Å²) in [6.45, 7) is 0. The van der Waals surface area contributed by atoms with E-state index >= 15 is 0 Å². The van der Waals surface area contributed by atoms with Crippen LogP contribution in [0.1, 0.15) is 0 Å². The predicted molar refractivity (Wildman–Crippen MR) is 441 cm³/mol. The minimum Gasteiger partial charge on any atom is -0.456 e. The third-order valence-electron chi connectivity index (χ3n) is 20.9. The highest BCUT2D eigenvalue weighted by Crippen LogP contribution is 2.44. The Morgan fingerprint density at radius 1 is 0.222 bits per heavy atom. The second-order valence-electron chi connectivity index (χ2n) is 27.2. The molecular formula is C96H56N8O3S. The van der Waals surface area contributed by atoms with Crippen LogP contribution in [0.4, 0.5) is 0 Å². The van der Waals surface area contributed by atoms with Crippen molar-refractivity contribution < 1.29 is 13.3 Å². The maximum Gasteiger partial charge on any atom is 0.238 e. The van der Waals surface area contributed by atoms with Gasteiger partial charge in [-0.15, -0.1) is 11.3 Å². The molecule has 0 aliphatic carbocycles. The first-order chi connectivity index (χ1) is 53.5. The first-order valence-corrected chi connectivity index (χ1v) is 36.8. The Hall–Kier alpha value is -14.5. The molecule has 0 spiro atoms. The predicted octanol–water partition coefficient (Wildman–Crippen LogP) is 25.7. The molecule has 0 fully saturated rings. The first kappa shape index (κ1) is 61.1. The van der Waals surface area contributed by atoms with Crippen LogP contribution in [0.3, 0.4) is 0 Å². The van der Waals surface area contributed by atoms with Crippen molar-refractivity contribution in [1.29, 1.82) is 0 Å². The van der Waals surface area contributed by atoms with Crippen molar-refractivity contribution in [3.05, 3.63) is 340 Å². The standard InChI is InChI=1S/C51H30N4O2.C45H26N4OS/c1-2-12-31(13-3-1)49-52-50(54-51(53-49)40-19-11-23-46-48(40)39-18-6-9-22-45(39)56-46)34-14-10-15-35(28-34)55-42-20-7-4-16-36(42)41-29-32(25-27-43(41)55)33-24-26-38-37-17-5-8-21-44(37)57-47(38)30-33;1-2-11-27(12-3-1)43-46-44(35-17-10-16-34-33-15-6-9-20-41(33)51-42(34)35)48-45(47-43)49-37-18-7-4-13-30(37)36-25-28(22-24-38(36)49)29-21-23-32-31-14-5-8-19-39(31)50-40(32)26-29/h1-30H;1-26H. The van der Waals surface area contributed by atoms with Crippen molar-refractivity contribution in [2.24, 2.45) is 0 Å². The molecule has 0 saturated carbocycles. The lowest BCUT2D eigenvalue weighted by Gasteiger charge is -2.12. The molecule has 0 atom stereocenters. The highest BCUT2D eigenvalue weighted by molar-refractivity contribution is 7.26. The van der Waals surface area contributed by atoms with Gasteiger partial charge in [-0.3, -0.25) is 4.57 Å². The molecule has 0 unspecified atom stereocenters. The van der Waals surface area contributed by atoms with Crippen LogP contribution >= 0.6 is 11.3 Å². The van der Waals surface area contributed by atoms with Crippen LogP contribution in [-0.2, 0) is 0 Å². The fourth-order valence-electron chi connectivity index (χ4n) is 15.9. The fraction of sp³-hybridized carbons (Fsp3) is 0. The molecule has 108 heavy (non-hydrogen) atoms. The zero-order valence-electron chi connectivity index (χ0n) is 57.5. The van der Waals surface area contributed by atoms with E-state index in [0.29, 0.717) is 35.1 Å². The van der Waals surface area contributed by atoms with E-state index in [1.54, 1.807) is 11.3 Å². The van der Waals surface area contributed by atoms with Crippen LogP contribution in [0.2, 0.25) is 0 Å².